The minimum Gasteiger partial charge on any atom is -0.323 e. The van der Waals surface area contributed by atoms with E-state index in [1.807, 2.05) is 71.6 Å². The van der Waals surface area contributed by atoms with Crippen molar-refractivity contribution in [3.05, 3.63) is 96.7 Å². The van der Waals surface area contributed by atoms with Crippen molar-refractivity contribution < 1.29 is 4.79 Å². The first-order valence-electron chi connectivity index (χ1n) is 9.44. The molecule has 144 valence electrons. The summed E-state index contributed by atoms with van der Waals surface area (Å²) < 4.78 is 0. The van der Waals surface area contributed by atoms with Gasteiger partial charge in [-0.1, -0.05) is 30.3 Å². The fraction of sp³-hybridized carbons (Fsp3) is 0.130. The average Bonchev–Trinajstić information content (AvgIpc) is 2.75. The number of aromatic nitrogens is 3. The van der Waals surface area contributed by atoms with E-state index in [0.29, 0.717) is 18.8 Å². The van der Waals surface area contributed by atoms with Crippen LogP contribution in [0.15, 0.2) is 85.3 Å². The number of fused-ring (bicyclic) bond motifs is 1. The molecule has 6 nitrogen and oxygen atoms in total. The molecule has 1 aromatic carbocycles. The number of hydrogen-bond donors (Lipinski definition) is 1. The summed E-state index contributed by atoms with van der Waals surface area (Å²) >= 11 is 0. The summed E-state index contributed by atoms with van der Waals surface area (Å²) in [5.74, 6) is -0.102. The second-order valence-electron chi connectivity index (χ2n) is 6.72. The molecule has 1 N–H and O–H groups in total. The van der Waals surface area contributed by atoms with Gasteiger partial charge in [0.25, 0.3) is 0 Å². The van der Waals surface area contributed by atoms with Crippen molar-refractivity contribution >= 4 is 22.5 Å². The predicted octanol–water partition coefficient (Wildman–Crippen LogP) is 3.67. The molecule has 0 saturated carbocycles. The molecule has 4 aromatic rings. The van der Waals surface area contributed by atoms with Crippen molar-refractivity contribution in [2.75, 3.05) is 11.9 Å². The first-order valence-corrected chi connectivity index (χ1v) is 9.44. The minimum absolute atomic E-state index is 0.102. The lowest BCUT2D eigenvalue weighted by Crippen LogP contribution is -2.33. The molecule has 29 heavy (non-hydrogen) atoms. The molecule has 0 fully saturated rings. The Labute approximate surface area is 169 Å². The van der Waals surface area contributed by atoms with Crippen molar-refractivity contribution in [1.29, 1.82) is 0 Å². The maximum atomic E-state index is 12.8. The van der Waals surface area contributed by atoms with E-state index in [0.717, 1.165) is 22.3 Å². The van der Waals surface area contributed by atoms with Crippen molar-refractivity contribution in [2.45, 2.75) is 13.1 Å². The van der Waals surface area contributed by atoms with Gasteiger partial charge in [-0.05, 0) is 36.4 Å². The zero-order valence-electron chi connectivity index (χ0n) is 15.9. The van der Waals surface area contributed by atoms with Gasteiger partial charge in [-0.3, -0.25) is 24.6 Å². The number of carbonyl (C=O) groups excluding carboxylic acids is 1. The van der Waals surface area contributed by atoms with E-state index in [1.165, 1.54) is 0 Å². The van der Waals surface area contributed by atoms with Gasteiger partial charge in [0.05, 0.1) is 29.1 Å². The molecule has 6 heteroatoms. The highest BCUT2D eigenvalue weighted by Crippen LogP contribution is 2.20. The van der Waals surface area contributed by atoms with E-state index in [-0.39, 0.29) is 12.5 Å². The van der Waals surface area contributed by atoms with Crippen LogP contribution in [0, 0.1) is 0 Å². The van der Waals surface area contributed by atoms with Crippen molar-refractivity contribution in [1.82, 2.24) is 19.9 Å². The summed E-state index contributed by atoms with van der Waals surface area (Å²) in [5.41, 5.74) is 3.30. The maximum absolute atomic E-state index is 12.8. The van der Waals surface area contributed by atoms with Crippen LogP contribution in [0.1, 0.15) is 11.4 Å². The normalized spacial score (nSPS) is 10.9. The largest absolute Gasteiger partial charge is 0.323 e. The van der Waals surface area contributed by atoms with Crippen LogP contribution in [0.3, 0.4) is 0 Å². The monoisotopic (exact) mass is 383 g/mol. The van der Waals surface area contributed by atoms with Gasteiger partial charge in [0.1, 0.15) is 0 Å². The van der Waals surface area contributed by atoms with Gasteiger partial charge in [-0.15, -0.1) is 0 Å². The Balaban J connectivity index is 1.50. The van der Waals surface area contributed by atoms with Gasteiger partial charge >= 0.3 is 0 Å². The van der Waals surface area contributed by atoms with Gasteiger partial charge in [-0.25, -0.2) is 0 Å². The molecular weight excluding hydrogens is 362 g/mol. The molecule has 3 heterocycles. The first kappa shape index (κ1) is 18.7. The Kier molecular flexibility index (Phi) is 5.83. The van der Waals surface area contributed by atoms with Crippen LogP contribution in [0.25, 0.3) is 10.9 Å². The zero-order valence-corrected chi connectivity index (χ0v) is 15.9. The van der Waals surface area contributed by atoms with Crippen molar-refractivity contribution in [3.8, 4) is 0 Å². The average molecular weight is 383 g/mol. The summed E-state index contributed by atoms with van der Waals surface area (Å²) in [6.45, 7) is 1.33. The van der Waals surface area contributed by atoms with E-state index in [9.17, 15) is 4.79 Å². The van der Waals surface area contributed by atoms with Gasteiger partial charge in [-0.2, -0.15) is 0 Å². The number of rotatable bonds is 7. The topological polar surface area (TPSA) is 71.0 Å². The number of pyridine rings is 3. The Morgan fingerprint density at radius 2 is 1.41 bits per heavy atom. The fourth-order valence-corrected chi connectivity index (χ4v) is 3.21. The van der Waals surface area contributed by atoms with Gasteiger partial charge in [0.15, 0.2) is 0 Å². The molecule has 4 rings (SSSR count). The lowest BCUT2D eigenvalue weighted by molar-refractivity contribution is -0.117. The number of amides is 1. The fourth-order valence-electron chi connectivity index (χ4n) is 3.21. The number of hydrogen-bond acceptors (Lipinski definition) is 5. The number of nitrogens with zero attached hydrogens (tertiary/aromatic N) is 4. The van der Waals surface area contributed by atoms with Crippen molar-refractivity contribution in [3.63, 3.8) is 0 Å². The molecule has 0 aliphatic carbocycles. The molecule has 0 atom stereocenters. The van der Waals surface area contributed by atoms with Gasteiger partial charge in [0, 0.05) is 37.1 Å². The molecule has 0 bridgehead atoms. The van der Waals surface area contributed by atoms with Crippen LogP contribution in [0.4, 0.5) is 5.69 Å². The maximum Gasteiger partial charge on any atom is 0.238 e. The second-order valence-corrected chi connectivity index (χ2v) is 6.72. The van der Waals surface area contributed by atoms with Crippen LogP contribution < -0.4 is 5.32 Å². The SMILES string of the molecule is O=C(CN(Cc1ccccn1)Cc1ccccn1)Nc1cccc2cccnc12. The Hall–Kier alpha value is -3.64. The summed E-state index contributed by atoms with van der Waals surface area (Å²) in [5, 5.41) is 3.99. The first-order chi connectivity index (χ1) is 14.3. The quantitative estimate of drug-likeness (QED) is 0.527. The van der Waals surface area contributed by atoms with Crippen LogP contribution in [-0.4, -0.2) is 32.3 Å². The number of benzene rings is 1. The zero-order chi connectivity index (χ0) is 19.9. The van der Waals surface area contributed by atoms with Crippen LogP contribution in [0.2, 0.25) is 0 Å². The summed E-state index contributed by atoms with van der Waals surface area (Å²) in [6, 6.07) is 21.2. The smallest absolute Gasteiger partial charge is 0.238 e. The lowest BCUT2D eigenvalue weighted by atomic mass is 10.2. The van der Waals surface area contributed by atoms with E-state index < -0.39 is 0 Å². The molecular formula is C23H21N5O. The highest BCUT2D eigenvalue weighted by Gasteiger charge is 2.14. The molecule has 0 saturated heterocycles. The lowest BCUT2D eigenvalue weighted by Gasteiger charge is -2.21. The highest BCUT2D eigenvalue weighted by atomic mass is 16.2. The van der Waals surface area contributed by atoms with Crippen LogP contribution in [0.5, 0.6) is 0 Å². The summed E-state index contributed by atoms with van der Waals surface area (Å²) in [4.78, 5) is 28.0. The number of nitrogens with one attached hydrogen (secondary N) is 1. The molecule has 0 radical (unpaired) electrons. The number of anilines is 1. The van der Waals surface area contributed by atoms with E-state index in [1.54, 1.807) is 18.6 Å². The van der Waals surface area contributed by atoms with E-state index in [2.05, 4.69) is 20.3 Å². The standard InChI is InChI=1S/C23H21N5O/c29-22(27-21-11-5-7-18-8-6-14-26-23(18)21)17-28(15-19-9-1-3-12-24-19)16-20-10-2-4-13-25-20/h1-14H,15-17H2,(H,27,29). The van der Waals surface area contributed by atoms with Crippen LogP contribution in [-0.2, 0) is 17.9 Å². The van der Waals surface area contributed by atoms with E-state index >= 15 is 0 Å². The minimum atomic E-state index is -0.102. The Bertz CT molecular complexity index is 1040. The van der Waals surface area contributed by atoms with E-state index in [4.69, 9.17) is 0 Å². The summed E-state index contributed by atoms with van der Waals surface area (Å²) in [6.07, 6.45) is 5.25. The molecule has 1 amide bonds. The van der Waals surface area contributed by atoms with Crippen molar-refractivity contribution in [2.24, 2.45) is 0 Å². The Morgan fingerprint density at radius 3 is 2.07 bits per heavy atom. The number of carbonyl (C=O) groups is 1. The second kappa shape index (κ2) is 9.03. The van der Waals surface area contributed by atoms with Gasteiger partial charge < -0.3 is 5.32 Å². The third-order valence-electron chi connectivity index (χ3n) is 4.50. The summed E-state index contributed by atoms with van der Waals surface area (Å²) in [7, 11) is 0. The predicted molar refractivity (Wildman–Crippen MR) is 113 cm³/mol. The highest BCUT2D eigenvalue weighted by molar-refractivity contribution is 6.00. The van der Waals surface area contributed by atoms with Gasteiger partial charge in [0.2, 0.25) is 5.91 Å². The molecule has 3 aromatic heterocycles. The number of para-hydroxylation sites is 1. The molecule has 0 aliphatic heterocycles. The molecule has 0 unspecified atom stereocenters. The molecule has 0 aliphatic rings. The Morgan fingerprint density at radius 1 is 0.759 bits per heavy atom. The third-order valence-corrected chi connectivity index (χ3v) is 4.50. The van der Waals surface area contributed by atoms with Crippen LogP contribution >= 0.6 is 0 Å². The third kappa shape index (κ3) is 5.00. The molecule has 0 spiro atoms.